The summed E-state index contributed by atoms with van der Waals surface area (Å²) in [5.41, 5.74) is 4.72. The van der Waals surface area contributed by atoms with Crippen LogP contribution >= 0.6 is 11.3 Å². The van der Waals surface area contributed by atoms with Gasteiger partial charge in [-0.05, 0) is 79.4 Å². The molecule has 4 saturated carbocycles. The van der Waals surface area contributed by atoms with Crippen molar-refractivity contribution >= 4 is 21.6 Å². The van der Waals surface area contributed by atoms with Crippen LogP contribution in [0.5, 0.6) is 0 Å². The lowest BCUT2D eigenvalue weighted by molar-refractivity contribution is -0.0399. The minimum absolute atomic E-state index is 0.392. The molecular weight excluding hydrogens is 310 g/mol. The average Bonchev–Trinajstić information content (AvgIpc) is 3.14. The number of hydrogen-bond donors (Lipinski definition) is 0. The van der Waals surface area contributed by atoms with E-state index in [1.54, 1.807) is 0 Å². The second kappa shape index (κ2) is 4.76. The zero-order valence-corrected chi connectivity index (χ0v) is 14.8. The van der Waals surface area contributed by atoms with E-state index in [2.05, 4.69) is 52.4 Å². The fraction of sp³-hybridized carbons (Fsp3) is 0.455. The van der Waals surface area contributed by atoms with Gasteiger partial charge in [0.1, 0.15) is 0 Å². The summed E-state index contributed by atoms with van der Waals surface area (Å²) in [5, 5.41) is 2.27. The molecule has 24 heavy (non-hydrogen) atoms. The van der Waals surface area contributed by atoms with Crippen molar-refractivity contribution < 1.29 is 0 Å². The molecule has 1 aromatic carbocycles. The number of thiophene rings is 1. The molecule has 0 N–H and O–H groups in total. The summed E-state index contributed by atoms with van der Waals surface area (Å²) in [6.07, 6.45) is 8.77. The van der Waals surface area contributed by atoms with E-state index in [1.807, 2.05) is 11.3 Å². The van der Waals surface area contributed by atoms with Crippen molar-refractivity contribution in [3.63, 3.8) is 0 Å². The highest BCUT2D eigenvalue weighted by atomic mass is 32.1. The van der Waals surface area contributed by atoms with Crippen molar-refractivity contribution in [1.29, 1.82) is 0 Å². The van der Waals surface area contributed by atoms with Crippen molar-refractivity contribution in [2.45, 2.75) is 44.1 Å². The van der Waals surface area contributed by atoms with Gasteiger partial charge in [0, 0.05) is 5.54 Å². The molecule has 122 valence electrons. The highest BCUT2D eigenvalue weighted by molar-refractivity contribution is 7.17. The normalized spacial score (nSPS) is 34.2. The largest absolute Gasteiger partial charge is 0.334 e. The standard InChI is InChI=1S/C22H23NS/c1-2-4-18(5-3-1)20-11-21-19(6-7-24-21)23(20)22-12-15-8-16(13-22)10-17(9-15)14-22/h1-7,11,15-17H,8-10,12-14H2. The molecule has 4 bridgehead atoms. The minimum atomic E-state index is 0.392. The lowest BCUT2D eigenvalue weighted by Gasteiger charge is -2.58. The van der Waals surface area contributed by atoms with Crippen molar-refractivity contribution in [2.75, 3.05) is 0 Å². The highest BCUT2D eigenvalue weighted by Crippen LogP contribution is 2.60. The van der Waals surface area contributed by atoms with Crippen molar-refractivity contribution in [3.05, 3.63) is 47.8 Å². The quantitative estimate of drug-likeness (QED) is 0.519. The van der Waals surface area contributed by atoms with Gasteiger partial charge in [-0.3, -0.25) is 0 Å². The summed E-state index contributed by atoms with van der Waals surface area (Å²) in [5.74, 6) is 2.95. The van der Waals surface area contributed by atoms with Gasteiger partial charge in [-0.1, -0.05) is 30.3 Å². The van der Waals surface area contributed by atoms with Gasteiger partial charge in [0.25, 0.3) is 0 Å². The molecule has 2 heteroatoms. The van der Waals surface area contributed by atoms with Crippen LogP contribution in [-0.2, 0) is 5.54 Å². The third kappa shape index (κ3) is 1.81. The van der Waals surface area contributed by atoms with Crippen LogP contribution in [0.4, 0.5) is 0 Å². The molecule has 3 aromatic rings. The number of fused-ring (bicyclic) bond motifs is 1. The molecule has 7 rings (SSSR count). The zero-order valence-electron chi connectivity index (χ0n) is 13.9. The smallest absolute Gasteiger partial charge is 0.0600 e. The third-order valence-corrected chi connectivity index (χ3v) is 7.83. The maximum Gasteiger partial charge on any atom is 0.0600 e. The van der Waals surface area contributed by atoms with Gasteiger partial charge >= 0.3 is 0 Å². The molecule has 4 aliphatic rings. The lowest BCUT2D eigenvalue weighted by atomic mass is 9.53. The van der Waals surface area contributed by atoms with E-state index in [9.17, 15) is 0 Å². The Morgan fingerprint density at radius 1 is 0.875 bits per heavy atom. The Morgan fingerprint density at radius 3 is 2.21 bits per heavy atom. The van der Waals surface area contributed by atoms with E-state index in [4.69, 9.17) is 0 Å². The van der Waals surface area contributed by atoms with Gasteiger partial charge in [-0.25, -0.2) is 0 Å². The molecule has 1 nitrogen and oxygen atoms in total. The summed E-state index contributed by atoms with van der Waals surface area (Å²) in [4.78, 5) is 0. The molecule has 0 saturated heterocycles. The Hall–Kier alpha value is -1.54. The SMILES string of the molecule is c1ccc(-c2cc3sccc3n2C23CC4CC(CC(C4)C2)C3)cc1. The molecule has 4 fully saturated rings. The molecule has 0 amide bonds. The fourth-order valence-electron chi connectivity index (χ4n) is 6.60. The van der Waals surface area contributed by atoms with Crippen LogP contribution in [0, 0.1) is 17.8 Å². The van der Waals surface area contributed by atoms with Gasteiger partial charge in [0.05, 0.1) is 15.9 Å². The molecule has 0 aliphatic heterocycles. The van der Waals surface area contributed by atoms with Crippen molar-refractivity contribution in [2.24, 2.45) is 17.8 Å². The monoisotopic (exact) mass is 333 g/mol. The molecule has 0 unspecified atom stereocenters. The summed E-state index contributed by atoms with van der Waals surface area (Å²) in [7, 11) is 0. The van der Waals surface area contributed by atoms with E-state index in [0.29, 0.717) is 5.54 Å². The van der Waals surface area contributed by atoms with Crippen molar-refractivity contribution in [1.82, 2.24) is 4.57 Å². The van der Waals surface area contributed by atoms with E-state index in [0.717, 1.165) is 17.8 Å². The predicted molar refractivity (Wildman–Crippen MR) is 101 cm³/mol. The summed E-state index contributed by atoms with van der Waals surface area (Å²) >= 11 is 1.90. The maximum atomic E-state index is 2.79. The van der Waals surface area contributed by atoms with E-state index in [-0.39, 0.29) is 0 Å². The van der Waals surface area contributed by atoms with Crippen LogP contribution in [0.3, 0.4) is 0 Å². The number of rotatable bonds is 2. The van der Waals surface area contributed by atoms with Crippen molar-refractivity contribution in [3.8, 4) is 11.3 Å². The van der Waals surface area contributed by atoms with E-state index in [1.165, 1.54) is 60.0 Å². The maximum absolute atomic E-state index is 2.79. The molecule has 2 heterocycles. The summed E-state index contributed by atoms with van der Waals surface area (Å²) in [6.45, 7) is 0. The van der Waals surface area contributed by atoms with Crippen LogP contribution in [-0.4, -0.2) is 4.57 Å². The predicted octanol–water partition coefficient (Wildman–Crippen LogP) is 6.30. The first kappa shape index (κ1) is 13.7. The number of nitrogens with zero attached hydrogens (tertiary/aromatic N) is 1. The van der Waals surface area contributed by atoms with Gasteiger partial charge in [0.15, 0.2) is 0 Å². The van der Waals surface area contributed by atoms with Gasteiger partial charge < -0.3 is 4.57 Å². The number of aromatic nitrogens is 1. The molecule has 0 radical (unpaired) electrons. The van der Waals surface area contributed by atoms with Crippen LogP contribution in [0.25, 0.3) is 21.5 Å². The molecule has 4 aliphatic carbocycles. The zero-order chi connectivity index (χ0) is 15.7. The van der Waals surface area contributed by atoms with Gasteiger partial charge in [-0.15, -0.1) is 11.3 Å². The topological polar surface area (TPSA) is 4.93 Å². The van der Waals surface area contributed by atoms with E-state index >= 15 is 0 Å². The fourth-order valence-corrected chi connectivity index (χ4v) is 7.40. The van der Waals surface area contributed by atoms with Gasteiger partial charge in [-0.2, -0.15) is 0 Å². The summed E-state index contributed by atoms with van der Waals surface area (Å²) < 4.78 is 4.25. The molecule has 2 aromatic heterocycles. The Labute approximate surface area is 147 Å². The Bertz CT molecular complexity index is 865. The second-order valence-electron chi connectivity index (χ2n) is 8.54. The van der Waals surface area contributed by atoms with Crippen LogP contribution in [0.1, 0.15) is 38.5 Å². The lowest BCUT2D eigenvalue weighted by Crippen LogP contribution is -2.51. The highest BCUT2D eigenvalue weighted by Gasteiger charge is 2.52. The second-order valence-corrected chi connectivity index (χ2v) is 9.49. The first-order chi connectivity index (χ1) is 11.8. The summed E-state index contributed by atoms with van der Waals surface area (Å²) in [6, 6.07) is 15.9. The van der Waals surface area contributed by atoms with Crippen LogP contribution in [0.15, 0.2) is 47.8 Å². The Morgan fingerprint density at radius 2 is 1.54 bits per heavy atom. The first-order valence-electron chi connectivity index (χ1n) is 9.46. The molecule has 0 atom stereocenters. The van der Waals surface area contributed by atoms with Crippen LogP contribution in [0.2, 0.25) is 0 Å². The van der Waals surface area contributed by atoms with Gasteiger partial charge in [0.2, 0.25) is 0 Å². The minimum Gasteiger partial charge on any atom is -0.334 e. The van der Waals surface area contributed by atoms with E-state index < -0.39 is 0 Å². The first-order valence-corrected chi connectivity index (χ1v) is 10.3. The molecular formula is C22H23NS. The number of hydrogen-bond acceptors (Lipinski definition) is 1. The Kier molecular flexibility index (Phi) is 2.72. The third-order valence-electron chi connectivity index (χ3n) is 6.97. The number of benzene rings is 1. The Balaban J connectivity index is 1.60. The average molecular weight is 334 g/mol. The molecule has 0 spiro atoms. The van der Waals surface area contributed by atoms with Crippen LogP contribution < -0.4 is 0 Å².